The van der Waals surface area contributed by atoms with Gasteiger partial charge in [0.2, 0.25) is 0 Å². The number of alkyl halides is 2. The van der Waals surface area contributed by atoms with Gasteiger partial charge in [0, 0.05) is 12.8 Å². The molecule has 0 heterocycles. The molecule has 4 nitrogen and oxygen atoms in total. The van der Waals surface area contributed by atoms with Crippen LogP contribution in [0.25, 0.3) is 0 Å². The Morgan fingerprint density at radius 3 is 2.00 bits per heavy atom. The number of carbonyl (C=O) groups excluding carboxylic acids is 2. The minimum absolute atomic E-state index is 0.0274. The normalized spacial score (nSPS) is 12.3. The Morgan fingerprint density at radius 1 is 1.06 bits per heavy atom. The molecule has 1 unspecified atom stereocenters. The van der Waals surface area contributed by atoms with E-state index in [1.54, 1.807) is 0 Å². The Hall–Kier alpha value is -0.480. The maximum Gasteiger partial charge on any atom is 0.305 e. The number of ether oxygens (including phenoxy) is 2. The van der Waals surface area contributed by atoms with Crippen molar-refractivity contribution in [2.45, 2.75) is 44.4 Å². The molecule has 106 valence electrons. The lowest BCUT2D eigenvalue weighted by molar-refractivity contribution is -0.146. The van der Waals surface area contributed by atoms with Crippen molar-refractivity contribution in [3.05, 3.63) is 0 Å². The summed E-state index contributed by atoms with van der Waals surface area (Å²) in [4.78, 5) is 21.7. The van der Waals surface area contributed by atoms with Gasteiger partial charge in [0.1, 0.15) is 11.4 Å². The number of hydrogen-bond acceptors (Lipinski definition) is 4. The quantitative estimate of drug-likeness (QED) is 0.485. The second-order valence-electron chi connectivity index (χ2n) is 4.12. The van der Waals surface area contributed by atoms with Gasteiger partial charge in [-0.1, -0.05) is 20.3 Å². The molecule has 18 heavy (non-hydrogen) atoms. The lowest BCUT2D eigenvalue weighted by atomic mass is 10.1. The Balaban J connectivity index is 3.53. The lowest BCUT2D eigenvalue weighted by Gasteiger charge is -2.09. The zero-order valence-corrected chi connectivity index (χ0v) is 12.3. The summed E-state index contributed by atoms with van der Waals surface area (Å²) in [5.41, 5.74) is 0. The second-order valence-corrected chi connectivity index (χ2v) is 5.40. The Kier molecular flexibility index (Phi) is 10.2. The van der Waals surface area contributed by atoms with Crippen molar-refractivity contribution in [2.24, 2.45) is 5.92 Å². The summed E-state index contributed by atoms with van der Waals surface area (Å²) in [5, 5.41) is 0. The van der Waals surface area contributed by atoms with Crippen molar-refractivity contribution in [2.75, 3.05) is 13.2 Å². The van der Waals surface area contributed by atoms with Gasteiger partial charge in [-0.3, -0.25) is 9.59 Å². The zero-order valence-electron chi connectivity index (χ0n) is 10.8. The molecular weight excluding hydrogens is 279 g/mol. The molecule has 6 heteroatoms. The van der Waals surface area contributed by atoms with E-state index in [9.17, 15) is 9.59 Å². The number of esters is 2. The molecule has 0 rings (SSSR count). The molecule has 0 spiro atoms. The highest BCUT2D eigenvalue weighted by Gasteiger charge is 2.09. The number of carbonyl (C=O) groups is 2. The van der Waals surface area contributed by atoms with E-state index in [2.05, 4.69) is 0 Å². The third-order valence-electron chi connectivity index (χ3n) is 2.36. The minimum atomic E-state index is -0.713. The maximum absolute atomic E-state index is 11.3. The third-order valence-corrected chi connectivity index (χ3v) is 2.61. The van der Waals surface area contributed by atoms with E-state index < -0.39 is 10.8 Å². The van der Waals surface area contributed by atoms with Crippen LogP contribution in [0.2, 0.25) is 0 Å². The van der Waals surface area contributed by atoms with Crippen molar-refractivity contribution in [1.29, 1.82) is 0 Å². The van der Waals surface area contributed by atoms with Crippen LogP contribution < -0.4 is 0 Å². The van der Waals surface area contributed by atoms with E-state index in [0.29, 0.717) is 18.9 Å². The summed E-state index contributed by atoms with van der Waals surface area (Å²) in [6, 6.07) is 0. The Labute approximate surface area is 118 Å². The average Bonchev–Trinajstić information content (AvgIpc) is 2.33. The van der Waals surface area contributed by atoms with Gasteiger partial charge in [0.15, 0.2) is 0 Å². The molecule has 0 aliphatic rings. The van der Waals surface area contributed by atoms with Gasteiger partial charge in [-0.15, -0.1) is 23.2 Å². The standard InChI is InChI=1S/C12H20Cl2O4/c1-3-9(2)7-17-11(15)5-4-6-12(16)18-8-10(13)14/h9-10H,3-8H2,1-2H3. The second kappa shape index (κ2) is 10.4. The number of hydrogen-bond donors (Lipinski definition) is 0. The lowest BCUT2D eigenvalue weighted by Crippen LogP contribution is -2.13. The van der Waals surface area contributed by atoms with E-state index in [0.717, 1.165) is 6.42 Å². The van der Waals surface area contributed by atoms with Crippen LogP contribution in [-0.2, 0) is 19.1 Å². The summed E-state index contributed by atoms with van der Waals surface area (Å²) in [5.74, 6) is -0.324. The molecule has 0 aromatic rings. The largest absolute Gasteiger partial charge is 0.465 e. The van der Waals surface area contributed by atoms with Crippen LogP contribution in [0.1, 0.15) is 39.5 Å². The first-order valence-corrected chi connectivity index (χ1v) is 6.92. The molecule has 0 bridgehead atoms. The SMILES string of the molecule is CCC(C)COC(=O)CCCC(=O)OCC(Cl)Cl. The summed E-state index contributed by atoms with van der Waals surface area (Å²) in [6.45, 7) is 4.45. The molecule has 0 aliphatic carbocycles. The summed E-state index contributed by atoms with van der Waals surface area (Å²) < 4.78 is 9.79. The van der Waals surface area contributed by atoms with Crippen LogP contribution in [0.3, 0.4) is 0 Å². The molecular formula is C12H20Cl2O4. The average molecular weight is 299 g/mol. The van der Waals surface area contributed by atoms with Gasteiger partial charge < -0.3 is 9.47 Å². The molecule has 0 aliphatic heterocycles. The van der Waals surface area contributed by atoms with Crippen LogP contribution in [0, 0.1) is 5.92 Å². The molecule has 0 aromatic carbocycles. The highest BCUT2D eigenvalue weighted by atomic mass is 35.5. The zero-order chi connectivity index (χ0) is 14.0. The fourth-order valence-corrected chi connectivity index (χ4v) is 1.16. The van der Waals surface area contributed by atoms with Crippen molar-refractivity contribution >= 4 is 35.1 Å². The van der Waals surface area contributed by atoms with Gasteiger partial charge in [-0.25, -0.2) is 0 Å². The predicted octanol–water partition coefficient (Wildman–Crippen LogP) is 3.09. The molecule has 0 saturated heterocycles. The van der Waals surface area contributed by atoms with E-state index in [4.69, 9.17) is 32.7 Å². The van der Waals surface area contributed by atoms with Crippen LogP contribution in [0.4, 0.5) is 0 Å². The summed E-state index contributed by atoms with van der Waals surface area (Å²) in [6.07, 6.45) is 1.76. The smallest absolute Gasteiger partial charge is 0.305 e. The third kappa shape index (κ3) is 10.7. The molecule has 0 fully saturated rings. The molecule has 1 atom stereocenters. The molecule has 0 saturated carbocycles. The Morgan fingerprint density at radius 2 is 1.56 bits per heavy atom. The first-order chi connectivity index (χ1) is 8.45. The maximum atomic E-state index is 11.3. The van der Waals surface area contributed by atoms with Crippen molar-refractivity contribution in [1.82, 2.24) is 0 Å². The van der Waals surface area contributed by atoms with E-state index in [1.165, 1.54) is 0 Å². The highest BCUT2D eigenvalue weighted by Crippen LogP contribution is 2.06. The van der Waals surface area contributed by atoms with Crippen molar-refractivity contribution in [3.8, 4) is 0 Å². The van der Waals surface area contributed by atoms with Crippen molar-refractivity contribution < 1.29 is 19.1 Å². The van der Waals surface area contributed by atoms with Crippen LogP contribution in [0.5, 0.6) is 0 Å². The van der Waals surface area contributed by atoms with Crippen molar-refractivity contribution in [3.63, 3.8) is 0 Å². The summed E-state index contributed by atoms with van der Waals surface area (Å²) in [7, 11) is 0. The fraction of sp³-hybridized carbons (Fsp3) is 0.833. The van der Waals surface area contributed by atoms with Gasteiger partial charge in [0.05, 0.1) is 6.61 Å². The molecule has 0 amide bonds. The fourth-order valence-electron chi connectivity index (χ4n) is 1.03. The molecule has 0 radical (unpaired) electrons. The van der Waals surface area contributed by atoms with E-state index in [1.807, 2.05) is 13.8 Å². The first-order valence-electron chi connectivity index (χ1n) is 6.05. The summed E-state index contributed by atoms with van der Waals surface area (Å²) >= 11 is 10.8. The van der Waals surface area contributed by atoms with Crippen LogP contribution in [-0.4, -0.2) is 30.0 Å². The van der Waals surface area contributed by atoms with Gasteiger partial charge in [0.25, 0.3) is 0 Å². The van der Waals surface area contributed by atoms with Gasteiger partial charge in [-0.05, 0) is 12.3 Å². The first kappa shape index (κ1) is 17.5. The monoisotopic (exact) mass is 298 g/mol. The highest BCUT2D eigenvalue weighted by molar-refractivity contribution is 6.44. The van der Waals surface area contributed by atoms with Gasteiger partial charge >= 0.3 is 11.9 Å². The molecule has 0 aromatic heterocycles. The number of rotatable bonds is 9. The predicted molar refractivity (Wildman–Crippen MR) is 70.7 cm³/mol. The number of halogens is 2. The van der Waals surface area contributed by atoms with Crippen LogP contribution >= 0.6 is 23.2 Å². The minimum Gasteiger partial charge on any atom is -0.465 e. The van der Waals surface area contributed by atoms with Gasteiger partial charge in [-0.2, -0.15) is 0 Å². The Bertz CT molecular complexity index is 256. The van der Waals surface area contributed by atoms with Crippen LogP contribution in [0.15, 0.2) is 0 Å². The van der Waals surface area contributed by atoms with E-state index in [-0.39, 0.29) is 25.4 Å². The van der Waals surface area contributed by atoms with E-state index >= 15 is 0 Å². The molecule has 0 N–H and O–H groups in total. The topological polar surface area (TPSA) is 52.6 Å².